The summed E-state index contributed by atoms with van der Waals surface area (Å²) in [5.41, 5.74) is 1.61. The van der Waals surface area contributed by atoms with Crippen LogP contribution in [0.5, 0.6) is 0 Å². The highest BCUT2D eigenvalue weighted by Crippen LogP contribution is 2.14. The van der Waals surface area contributed by atoms with Crippen LogP contribution in [0.1, 0.15) is 45.4 Å². The maximum absolute atomic E-state index is 10.8. The molecule has 1 rings (SSSR count). The lowest BCUT2D eigenvalue weighted by Crippen LogP contribution is -2.06. The molecule has 0 unspecified atom stereocenters. The summed E-state index contributed by atoms with van der Waals surface area (Å²) in [6.07, 6.45) is 5.37. The maximum Gasteiger partial charge on any atom is 0.309 e. The molecule has 1 aromatic carbocycles. The van der Waals surface area contributed by atoms with Crippen molar-refractivity contribution in [3.63, 3.8) is 0 Å². The first-order chi connectivity index (χ1) is 8.72. The van der Waals surface area contributed by atoms with Gasteiger partial charge in [0.05, 0.1) is 12.1 Å². The molecule has 0 aromatic heterocycles. The average Bonchev–Trinajstić information content (AvgIpc) is 2.35. The van der Waals surface area contributed by atoms with Gasteiger partial charge in [-0.2, -0.15) is 0 Å². The fourth-order valence-corrected chi connectivity index (χ4v) is 1.80. The van der Waals surface area contributed by atoms with Crippen molar-refractivity contribution in [2.75, 3.05) is 0 Å². The molecule has 18 heavy (non-hydrogen) atoms. The molecule has 0 aliphatic rings. The third-order valence-corrected chi connectivity index (χ3v) is 2.72. The molecule has 0 aliphatic heterocycles. The molecule has 3 heteroatoms. The van der Waals surface area contributed by atoms with Crippen LogP contribution in [-0.2, 0) is 4.79 Å². The van der Waals surface area contributed by atoms with E-state index in [4.69, 9.17) is 5.11 Å². The van der Waals surface area contributed by atoms with Crippen LogP contribution in [0.25, 0.3) is 0 Å². The molecule has 0 bridgehead atoms. The Morgan fingerprint density at radius 3 is 2.50 bits per heavy atom. The number of carboxylic acids is 1. The molecule has 0 saturated heterocycles. The Hall–Kier alpha value is -1.64. The third kappa shape index (κ3) is 6.18. The molecule has 0 saturated carbocycles. The molecule has 1 aromatic rings. The van der Waals surface area contributed by atoms with Gasteiger partial charge in [-0.25, -0.2) is 0 Å². The number of para-hydroxylation sites is 1. The number of hydrogen-bond donors (Lipinski definition) is 1. The van der Waals surface area contributed by atoms with Crippen molar-refractivity contribution >= 4 is 17.4 Å². The second-order valence-corrected chi connectivity index (χ2v) is 4.39. The van der Waals surface area contributed by atoms with E-state index in [1.807, 2.05) is 30.3 Å². The van der Waals surface area contributed by atoms with Crippen molar-refractivity contribution in [1.29, 1.82) is 0 Å². The maximum atomic E-state index is 10.8. The SMILES string of the molecule is CCCCCCC(CC(=O)O)=Nc1ccccc1. The van der Waals surface area contributed by atoms with Gasteiger partial charge in [-0.1, -0.05) is 44.4 Å². The number of carboxylic acid groups (broad SMARTS) is 1. The van der Waals surface area contributed by atoms with Gasteiger partial charge < -0.3 is 5.11 Å². The first-order valence-electron chi connectivity index (χ1n) is 6.55. The van der Waals surface area contributed by atoms with E-state index >= 15 is 0 Å². The Labute approximate surface area is 109 Å². The van der Waals surface area contributed by atoms with Gasteiger partial charge >= 0.3 is 5.97 Å². The number of hydrogen-bond acceptors (Lipinski definition) is 2. The molecular weight excluding hydrogens is 226 g/mol. The molecule has 0 atom stereocenters. The van der Waals surface area contributed by atoms with Crippen molar-refractivity contribution < 1.29 is 9.90 Å². The number of aliphatic carboxylic acids is 1. The fourth-order valence-electron chi connectivity index (χ4n) is 1.80. The van der Waals surface area contributed by atoms with E-state index in [0.717, 1.165) is 30.7 Å². The Morgan fingerprint density at radius 1 is 1.17 bits per heavy atom. The molecule has 1 N–H and O–H groups in total. The van der Waals surface area contributed by atoms with Gasteiger partial charge in [0.1, 0.15) is 0 Å². The zero-order valence-electron chi connectivity index (χ0n) is 10.9. The standard InChI is InChI=1S/C15H21NO2/c1-2-3-4-6-11-14(12-15(17)18)16-13-9-7-5-8-10-13/h5,7-10H,2-4,6,11-12H2,1H3,(H,17,18). The van der Waals surface area contributed by atoms with E-state index in [9.17, 15) is 4.79 Å². The molecule has 0 radical (unpaired) electrons. The van der Waals surface area contributed by atoms with E-state index in [-0.39, 0.29) is 6.42 Å². The van der Waals surface area contributed by atoms with Crippen molar-refractivity contribution in [3.8, 4) is 0 Å². The smallest absolute Gasteiger partial charge is 0.309 e. The van der Waals surface area contributed by atoms with Crippen LogP contribution < -0.4 is 0 Å². The average molecular weight is 247 g/mol. The van der Waals surface area contributed by atoms with Crippen molar-refractivity contribution in [2.24, 2.45) is 4.99 Å². The Morgan fingerprint density at radius 2 is 1.89 bits per heavy atom. The van der Waals surface area contributed by atoms with Gasteiger partial charge in [-0.15, -0.1) is 0 Å². The van der Waals surface area contributed by atoms with Crippen LogP contribution >= 0.6 is 0 Å². The van der Waals surface area contributed by atoms with Crippen LogP contribution in [0.4, 0.5) is 5.69 Å². The van der Waals surface area contributed by atoms with E-state index in [2.05, 4.69) is 11.9 Å². The number of aliphatic imine (C=N–C) groups is 1. The van der Waals surface area contributed by atoms with Crippen LogP contribution in [0, 0.1) is 0 Å². The summed E-state index contributed by atoms with van der Waals surface area (Å²) >= 11 is 0. The summed E-state index contributed by atoms with van der Waals surface area (Å²) in [6.45, 7) is 2.16. The van der Waals surface area contributed by atoms with Gasteiger partial charge in [-0.05, 0) is 25.0 Å². The lowest BCUT2D eigenvalue weighted by molar-refractivity contribution is -0.135. The Kier molecular flexibility index (Phi) is 6.77. The second kappa shape index (κ2) is 8.45. The summed E-state index contributed by atoms with van der Waals surface area (Å²) in [4.78, 5) is 15.2. The van der Waals surface area contributed by atoms with Crippen LogP contribution in [-0.4, -0.2) is 16.8 Å². The molecule has 0 aliphatic carbocycles. The summed E-state index contributed by atoms with van der Waals surface area (Å²) in [5, 5.41) is 8.88. The number of unbranched alkanes of at least 4 members (excludes halogenated alkanes) is 3. The number of nitrogens with zero attached hydrogens (tertiary/aromatic N) is 1. The molecule has 3 nitrogen and oxygen atoms in total. The van der Waals surface area contributed by atoms with Crippen molar-refractivity contribution in [1.82, 2.24) is 0 Å². The first kappa shape index (κ1) is 14.4. The zero-order chi connectivity index (χ0) is 13.2. The monoisotopic (exact) mass is 247 g/mol. The predicted octanol–water partition coefficient (Wildman–Crippen LogP) is 4.20. The fraction of sp³-hybridized carbons (Fsp3) is 0.467. The number of rotatable bonds is 8. The number of benzene rings is 1. The minimum atomic E-state index is -0.805. The lowest BCUT2D eigenvalue weighted by atomic mass is 10.1. The highest BCUT2D eigenvalue weighted by atomic mass is 16.4. The van der Waals surface area contributed by atoms with Gasteiger partial charge in [0.2, 0.25) is 0 Å². The summed E-state index contributed by atoms with van der Waals surface area (Å²) in [7, 11) is 0. The summed E-state index contributed by atoms with van der Waals surface area (Å²) < 4.78 is 0. The van der Waals surface area contributed by atoms with Gasteiger partial charge in [-0.3, -0.25) is 9.79 Å². The van der Waals surface area contributed by atoms with E-state index in [1.54, 1.807) is 0 Å². The van der Waals surface area contributed by atoms with Crippen LogP contribution in [0.3, 0.4) is 0 Å². The normalized spacial score (nSPS) is 11.5. The molecular formula is C15H21NO2. The van der Waals surface area contributed by atoms with Gasteiger partial charge in [0, 0.05) is 5.71 Å². The third-order valence-electron chi connectivity index (χ3n) is 2.72. The highest BCUT2D eigenvalue weighted by Gasteiger charge is 2.06. The highest BCUT2D eigenvalue weighted by molar-refractivity contribution is 5.99. The van der Waals surface area contributed by atoms with Crippen molar-refractivity contribution in [3.05, 3.63) is 30.3 Å². The van der Waals surface area contributed by atoms with Crippen molar-refractivity contribution in [2.45, 2.75) is 45.4 Å². The lowest BCUT2D eigenvalue weighted by Gasteiger charge is -2.04. The second-order valence-electron chi connectivity index (χ2n) is 4.39. The quantitative estimate of drug-likeness (QED) is 0.552. The molecule has 0 heterocycles. The summed E-state index contributed by atoms with van der Waals surface area (Å²) in [6, 6.07) is 9.54. The first-order valence-corrected chi connectivity index (χ1v) is 6.55. The van der Waals surface area contributed by atoms with E-state index in [0.29, 0.717) is 0 Å². The molecule has 0 amide bonds. The Bertz CT molecular complexity index is 385. The summed E-state index contributed by atoms with van der Waals surface area (Å²) in [5.74, 6) is -0.805. The van der Waals surface area contributed by atoms with E-state index < -0.39 is 5.97 Å². The minimum absolute atomic E-state index is 0.0427. The minimum Gasteiger partial charge on any atom is -0.481 e. The molecule has 0 spiro atoms. The zero-order valence-corrected chi connectivity index (χ0v) is 10.9. The number of carbonyl (C=O) groups is 1. The van der Waals surface area contributed by atoms with E-state index in [1.165, 1.54) is 12.8 Å². The molecule has 0 fully saturated rings. The largest absolute Gasteiger partial charge is 0.481 e. The predicted molar refractivity (Wildman–Crippen MR) is 74.5 cm³/mol. The van der Waals surface area contributed by atoms with Crippen LogP contribution in [0.2, 0.25) is 0 Å². The Balaban J connectivity index is 2.60. The van der Waals surface area contributed by atoms with Gasteiger partial charge in [0.15, 0.2) is 0 Å². The van der Waals surface area contributed by atoms with Crippen LogP contribution in [0.15, 0.2) is 35.3 Å². The molecule has 98 valence electrons. The van der Waals surface area contributed by atoms with Gasteiger partial charge in [0.25, 0.3) is 0 Å². The topological polar surface area (TPSA) is 49.7 Å².